The van der Waals surface area contributed by atoms with Gasteiger partial charge in [-0.3, -0.25) is 9.78 Å². The van der Waals surface area contributed by atoms with E-state index in [4.69, 9.17) is 0 Å². The first-order valence-corrected chi connectivity index (χ1v) is 6.18. The predicted octanol–water partition coefficient (Wildman–Crippen LogP) is 3.02. The van der Waals surface area contributed by atoms with E-state index in [1.165, 1.54) is 12.8 Å². The van der Waals surface area contributed by atoms with Gasteiger partial charge in [0.05, 0.1) is 0 Å². The van der Waals surface area contributed by atoms with Gasteiger partial charge in [-0.15, -0.1) is 0 Å². The average Bonchev–Trinajstić information content (AvgIpc) is 2.30. The van der Waals surface area contributed by atoms with Crippen LogP contribution >= 0.6 is 0 Å². The monoisotopic (exact) mass is 217 g/mol. The Kier molecular flexibility index (Phi) is 3.70. The molecule has 1 aromatic heterocycles. The molecule has 0 saturated heterocycles. The van der Waals surface area contributed by atoms with E-state index in [1.807, 2.05) is 18.2 Å². The average molecular weight is 217 g/mol. The Morgan fingerprint density at radius 1 is 1.44 bits per heavy atom. The highest BCUT2D eigenvalue weighted by molar-refractivity contribution is 5.82. The minimum absolute atomic E-state index is 0.283. The Bertz CT molecular complexity index is 347. The lowest BCUT2D eigenvalue weighted by atomic mass is 9.79. The third kappa shape index (κ3) is 2.91. The molecule has 1 saturated carbocycles. The molecule has 0 N–H and O–H groups in total. The SMILES string of the molecule is CC1CCCC(C(=O)Cc2ccccn2)C1. The van der Waals surface area contributed by atoms with E-state index in [2.05, 4.69) is 11.9 Å². The standard InChI is InChI=1S/C14H19NO/c1-11-5-4-6-12(9-11)14(16)10-13-7-2-3-8-15-13/h2-3,7-8,11-12H,4-6,9-10H2,1H3. The molecule has 2 atom stereocenters. The van der Waals surface area contributed by atoms with Gasteiger partial charge in [0.25, 0.3) is 0 Å². The highest BCUT2D eigenvalue weighted by Gasteiger charge is 2.24. The molecule has 0 bridgehead atoms. The molecular weight excluding hydrogens is 198 g/mol. The zero-order chi connectivity index (χ0) is 11.4. The van der Waals surface area contributed by atoms with E-state index < -0.39 is 0 Å². The predicted molar refractivity (Wildman–Crippen MR) is 64.1 cm³/mol. The van der Waals surface area contributed by atoms with Crippen molar-refractivity contribution >= 4 is 5.78 Å². The largest absolute Gasteiger partial charge is 0.299 e. The van der Waals surface area contributed by atoms with Crippen LogP contribution in [0.3, 0.4) is 0 Å². The number of rotatable bonds is 3. The Morgan fingerprint density at radius 3 is 3.00 bits per heavy atom. The fourth-order valence-corrected chi connectivity index (χ4v) is 2.55. The molecule has 0 amide bonds. The van der Waals surface area contributed by atoms with Crippen molar-refractivity contribution in [2.75, 3.05) is 0 Å². The summed E-state index contributed by atoms with van der Waals surface area (Å²) in [5.74, 6) is 1.38. The molecule has 0 aliphatic heterocycles. The van der Waals surface area contributed by atoms with E-state index >= 15 is 0 Å². The van der Waals surface area contributed by atoms with Crippen molar-refractivity contribution in [2.45, 2.75) is 39.0 Å². The molecule has 16 heavy (non-hydrogen) atoms. The van der Waals surface area contributed by atoms with Crippen LogP contribution in [0.4, 0.5) is 0 Å². The lowest BCUT2D eigenvalue weighted by Gasteiger charge is -2.25. The number of nitrogens with zero attached hydrogens (tertiary/aromatic N) is 1. The van der Waals surface area contributed by atoms with Crippen LogP contribution in [-0.4, -0.2) is 10.8 Å². The smallest absolute Gasteiger partial charge is 0.141 e. The van der Waals surface area contributed by atoms with Crippen LogP contribution in [0, 0.1) is 11.8 Å². The molecular formula is C14H19NO. The quantitative estimate of drug-likeness (QED) is 0.779. The molecule has 0 spiro atoms. The first-order chi connectivity index (χ1) is 7.75. The van der Waals surface area contributed by atoms with Crippen molar-refractivity contribution < 1.29 is 4.79 Å². The van der Waals surface area contributed by atoms with E-state index in [0.717, 1.165) is 18.5 Å². The minimum Gasteiger partial charge on any atom is -0.299 e. The Hall–Kier alpha value is -1.18. The Morgan fingerprint density at radius 2 is 2.31 bits per heavy atom. The maximum Gasteiger partial charge on any atom is 0.141 e. The zero-order valence-corrected chi connectivity index (χ0v) is 9.86. The molecule has 1 aromatic rings. The Balaban J connectivity index is 1.93. The van der Waals surface area contributed by atoms with E-state index in [-0.39, 0.29) is 5.92 Å². The van der Waals surface area contributed by atoms with Gasteiger partial charge in [-0.05, 0) is 30.9 Å². The fraction of sp³-hybridized carbons (Fsp3) is 0.571. The second kappa shape index (κ2) is 5.24. The normalized spacial score (nSPS) is 25.3. The van der Waals surface area contributed by atoms with E-state index in [9.17, 15) is 4.79 Å². The van der Waals surface area contributed by atoms with Crippen LogP contribution in [0.2, 0.25) is 0 Å². The number of aromatic nitrogens is 1. The third-order valence-corrected chi connectivity index (χ3v) is 3.47. The van der Waals surface area contributed by atoms with E-state index in [0.29, 0.717) is 18.1 Å². The highest BCUT2D eigenvalue weighted by atomic mass is 16.1. The Labute approximate surface area is 97.1 Å². The number of Topliss-reactive ketones (excluding diaryl/α,β-unsaturated/α-hetero) is 1. The summed E-state index contributed by atoms with van der Waals surface area (Å²) in [6, 6.07) is 5.76. The van der Waals surface area contributed by atoms with Crippen LogP contribution in [0.25, 0.3) is 0 Å². The van der Waals surface area contributed by atoms with Crippen LogP contribution in [0.1, 0.15) is 38.3 Å². The van der Waals surface area contributed by atoms with Crippen LogP contribution in [0.15, 0.2) is 24.4 Å². The number of carbonyl (C=O) groups excluding carboxylic acids is 1. The topological polar surface area (TPSA) is 30.0 Å². The number of hydrogen-bond acceptors (Lipinski definition) is 2. The van der Waals surface area contributed by atoms with Gasteiger partial charge in [-0.1, -0.05) is 25.8 Å². The first kappa shape index (κ1) is 11.3. The van der Waals surface area contributed by atoms with Gasteiger partial charge >= 0.3 is 0 Å². The summed E-state index contributed by atoms with van der Waals surface area (Å²) in [5.41, 5.74) is 0.908. The summed E-state index contributed by atoms with van der Waals surface area (Å²) in [6.07, 6.45) is 6.92. The number of hydrogen-bond donors (Lipinski definition) is 0. The molecule has 2 unspecified atom stereocenters. The van der Waals surface area contributed by atoms with E-state index in [1.54, 1.807) is 6.20 Å². The first-order valence-electron chi connectivity index (χ1n) is 6.18. The molecule has 1 aliphatic rings. The minimum atomic E-state index is 0.283. The molecule has 2 rings (SSSR count). The van der Waals surface area contributed by atoms with Gasteiger partial charge in [0, 0.05) is 24.2 Å². The lowest BCUT2D eigenvalue weighted by Crippen LogP contribution is -2.23. The maximum atomic E-state index is 12.1. The second-order valence-electron chi connectivity index (χ2n) is 4.93. The zero-order valence-electron chi connectivity index (χ0n) is 9.86. The van der Waals surface area contributed by atoms with Gasteiger partial charge in [0.2, 0.25) is 0 Å². The molecule has 2 heteroatoms. The summed E-state index contributed by atoms with van der Waals surface area (Å²) >= 11 is 0. The van der Waals surface area contributed by atoms with Gasteiger partial charge in [0.1, 0.15) is 5.78 Å². The molecule has 0 radical (unpaired) electrons. The molecule has 1 aliphatic carbocycles. The van der Waals surface area contributed by atoms with Crippen LogP contribution in [-0.2, 0) is 11.2 Å². The molecule has 1 heterocycles. The van der Waals surface area contributed by atoms with Crippen molar-refractivity contribution in [2.24, 2.45) is 11.8 Å². The summed E-state index contributed by atoms with van der Waals surface area (Å²) in [4.78, 5) is 16.3. The molecule has 86 valence electrons. The van der Waals surface area contributed by atoms with Gasteiger partial charge in [0.15, 0.2) is 0 Å². The summed E-state index contributed by atoms with van der Waals surface area (Å²) < 4.78 is 0. The van der Waals surface area contributed by atoms with Crippen LogP contribution < -0.4 is 0 Å². The van der Waals surface area contributed by atoms with Crippen molar-refractivity contribution in [3.63, 3.8) is 0 Å². The molecule has 1 fully saturated rings. The summed E-state index contributed by atoms with van der Waals surface area (Å²) in [7, 11) is 0. The second-order valence-corrected chi connectivity index (χ2v) is 4.93. The summed E-state index contributed by atoms with van der Waals surface area (Å²) in [5, 5.41) is 0. The van der Waals surface area contributed by atoms with Crippen molar-refractivity contribution in [3.05, 3.63) is 30.1 Å². The number of pyridine rings is 1. The molecule has 0 aromatic carbocycles. The van der Waals surface area contributed by atoms with Crippen molar-refractivity contribution in [1.82, 2.24) is 4.98 Å². The highest BCUT2D eigenvalue weighted by Crippen LogP contribution is 2.29. The van der Waals surface area contributed by atoms with Gasteiger partial charge in [-0.25, -0.2) is 0 Å². The van der Waals surface area contributed by atoms with Gasteiger partial charge < -0.3 is 0 Å². The lowest BCUT2D eigenvalue weighted by molar-refractivity contribution is -0.123. The van der Waals surface area contributed by atoms with Crippen molar-refractivity contribution in [3.8, 4) is 0 Å². The van der Waals surface area contributed by atoms with Gasteiger partial charge in [-0.2, -0.15) is 0 Å². The number of ketones is 1. The summed E-state index contributed by atoms with van der Waals surface area (Å²) in [6.45, 7) is 2.25. The fourth-order valence-electron chi connectivity index (χ4n) is 2.55. The van der Waals surface area contributed by atoms with Crippen LogP contribution in [0.5, 0.6) is 0 Å². The molecule has 2 nitrogen and oxygen atoms in total. The maximum absolute atomic E-state index is 12.1. The third-order valence-electron chi connectivity index (χ3n) is 3.47. The number of carbonyl (C=O) groups is 1. The van der Waals surface area contributed by atoms with Crippen molar-refractivity contribution in [1.29, 1.82) is 0 Å².